The number of nitrogens with two attached hydrogens (primary N) is 1. The van der Waals surface area contributed by atoms with Gasteiger partial charge in [0.15, 0.2) is 0 Å². The predicted molar refractivity (Wildman–Crippen MR) is 86.6 cm³/mol. The molecule has 0 radical (unpaired) electrons. The maximum Gasteiger partial charge on any atom is 0.309 e. The number of nitrogens with one attached hydrogen (secondary N) is 2. The number of ether oxygens (including phenoxy) is 1. The highest BCUT2D eigenvalue weighted by atomic mass is 16.5. The van der Waals surface area contributed by atoms with Crippen LogP contribution in [0.5, 0.6) is 0 Å². The van der Waals surface area contributed by atoms with Crippen LogP contribution in [0.25, 0.3) is 0 Å². The minimum absolute atomic E-state index is 0.00642. The Morgan fingerprint density at radius 1 is 1.26 bits per heavy atom. The number of hydrogen-bond acceptors (Lipinski definition) is 5. The Bertz CT molecular complexity index is 572. The van der Waals surface area contributed by atoms with Crippen molar-refractivity contribution in [3.05, 3.63) is 29.8 Å². The fraction of sp³-hybridized carbons (Fsp3) is 0.438. The highest BCUT2D eigenvalue weighted by molar-refractivity contribution is 5.95. The molecule has 0 aliphatic rings. The van der Waals surface area contributed by atoms with E-state index in [0.29, 0.717) is 5.69 Å². The molecule has 0 fully saturated rings. The first kappa shape index (κ1) is 18.6. The van der Waals surface area contributed by atoms with Crippen molar-refractivity contribution in [2.24, 2.45) is 11.7 Å². The zero-order valence-corrected chi connectivity index (χ0v) is 13.6. The molecule has 1 atom stereocenters. The zero-order valence-electron chi connectivity index (χ0n) is 13.6. The van der Waals surface area contributed by atoms with E-state index in [1.807, 2.05) is 13.8 Å². The largest absolute Gasteiger partial charge is 0.469 e. The van der Waals surface area contributed by atoms with Gasteiger partial charge in [0.25, 0.3) is 0 Å². The molecule has 0 aliphatic heterocycles. The number of anilines is 1. The number of methoxy groups -OCH3 is 1. The standard InChI is InChI=1S/C16H23N3O4/c1-10(2)15(17)16(22)18-9-13(20)19-12-6-4-5-11(7-12)8-14(21)23-3/h4-7,10,15H,8-9,17H2,1-3H3,(H,18,22)(H,19,20)/t15-/m0/s1. The van der Waals surface area contributed by atoms with E-state index in [0.717, 1.165) is 5.56 Å². The number of amides is 2. The molecule has 0 saturated heterocycles. The summed E-state index contributed by atoms with van der Waals surface area (Å²) in [6.07, 6.45) is 0.125. The fourth-order valence-electron chi connectivity index (χ4n) is 1.79. The topological polar surface area (TPSA) is 111 Å². The van der Waals surface area contributed by atoms with Gasteiger partial charge in [-0.2, -0.15) is 0 Å². The van der Waals surface area contributed by atoms with E-state index < -0.39 is 6.04 Å². The van der Waals surface area contributed by atoms with Crippen molar-refractivity contribution < 1.29 is 19.1 Å². The molecule has 2 amide bonds. The molecule has 0 spiro atoms. The first-order valence-electron chi connectivity index (χ1n) is 7.32. The second-order valence-corrected chi connectivity index (χ2v) is 5.49. The van der Waals surface area contributed by atoms with E-state index in [4.69, 9.17) is 5.73 Å². The zero-order chi connectivity index (χ0) is 17.4. The van der Waals surface area contributed by atoms with Gasteiger partial charge in [-0.3, -0.25) is 14.4 Å². The van der Waals surface area contributed by atoms with Gasteiger partial charge < -0.3 is 21.1 Å². The van der Waals surface area contributed by atoms with Crippen LogP contribution >= 0.6 is 0 Å². The Morgan fingerprint density at radius 2 is 1.96 bits per heavy atom. The molecule has 7 nitrogen and oxygen atoms in total. The number of carbonyl (C=O) groups is 3. The van der Waals surface area contributed by atoms with Gasteiger partial charge in [-0.05, 0) is 23.6 Å². The minimum atomic E-state index is -0.647. The molecule has 0 aliphatic carbocycles. The highest BCUT2D eigenvalue weighted by Gasteiger charge is 2.17. The van der Waals surface area contributed by atoms with Gasteiger partial charge in [0.1, 0.15) is 0 Å². The molecule has 126 valence electrons. The Labute approximate surface area is 135 Å². The van der Waals surface area contributed by atoms with Crippen LogP contribution in [0, 0.1) is 5.92 Å². The molecule has 0 heterocycles. The van der Waals surface area contributed by atoms with Crippen LogP contribution in [0.4, 0.5) is 5.69 Å². The molecule has 23 heavy (non-hydrogen) atoms. The second-order valence-electron chi connectivity index (χ2n) is 5.49. The number of carbonyl (C=O) groups excluding carboxylic acids is 3. The van der Waals surface area contributed by atoms with Crippen molar-refractivity contribution >= 4 is 23.5 Å². The third-order valence-corrected chi connectivity index (χ3v) is 3.23. The summed E-state index contributed by atoms with van der Waals surface area (Å²) in [5.41, 5.74) is 6.95. The van der Waals surface area contributed by atoms with Crippen LogP contribution in [0.2, 0.25) is 0 Å². The Morgan fingerprint density at radius 3 is 2.57 bits per heavy atom. The monoisotopic (exact) mass is 321 g/mol. The van der Waals surface area contributed by atoms with Crippen LogP contribution in [-0.4, -0.2) is 37.5 Å². The predicted octanol–water partition coefficient (Wildman–Crippen LogP) is 0.440. The molecule has 1 aromatic rings. The van der Waals surface area contributed by atoms with E-state index >= 15 is 0 Å². The van der Waals surface area contributed by atoms with Crippen LogP contribution in [-0.2, 0) is 25.5 Å². The summed E-state index contributed by atoms with van der Waals surface area (Å²) in [6.45, 7) is 3.49. The number of esters is 1. The molecule has 0 bridgehead atoms. The minimum Gasteiger partial charge on any atom is -0.469 e. The van der Waals surface area contributed by atoms with Crippen LogP contribution in [0.1, 0.15) is 19.4 Å². The summed E-state index contributed by atoms with van der Waals surface area (Å²) >= 11 is 0. The lowest BCUT2D eigenvalue weighted by atomic mass is 10.1. The van der Waals surface area contributed by atoms with Crippen molar-refractivity contribution in [3.8, 4) is 0 Å². The van der Waals surface area contributed by atoms with Crippen molar-refractivity contribution in [1.29, 1.82) is 0 Å². The SMILES string of the molecule is COC(=O)Cc1cccc(NC(=O)CNC(=O)[C@@H](N)C(C)C)c1. The van der Waals surface area contributed by atoms with Crippen molar-refractivity contribution in [3.63, 3.8) is 0 Å². The number of hydrogen-bond donors (Lipinski definition) is 3. The highest BCUT2D eigenvalue weighted by Crippen LogP contribution is 2.11. The Balaban J connectivity index is 2.53. The molecule has 0 saturated carbocycles. The van der Waals surface area contributed by atoms with Crippen molar-refractivity contribution in [1.82, 2.24) is 5.32 Å². The van der Waals surface area contributed by atoms with Crippen LogP contribution < -0.4 is 16.4 Å². The van der Waals surface area contributed by atoms with E-state index in [9.17, 15) is 14.4 Å². The maximum absolute atomic E-state index is 11.8. The van der Waals surface area contributed by atoms with Crippen molar-refractivity contribution in [2.45, 2.75) is 26.3 Å². The van der Waals surface area contributed by atoms with Gasteiger partial charge in [0, 0.05) is 5.69 Å². The average Bonchev–Trinajstić information content (AvgIpc) is 2.51. The van der Waals surface area contributed by atoms with Gasteiger partial charge in [0.05, 0.1) is 26.1 Å². The molecule has 0 aromatic heterocycles. The second kappa shape index (κ2) is 8.89. The summed E-state index contributed by atoms with van der Waals surface area (Å²) in [4.78, 5) is 34.8. The van der Waals surface area contributed by atoms with E-state index in [-0.39, 0.29) is 36.7 Å². The van der Waals surface area contributed by atoms with Crippen molar-refractivity contribution in [2.75, 3.05) is 19.0 Å². The van der Waals surface area contributed by atoms with Gasteiger partial charge >= 0.3 is 5.97 Å². The van der Waals surface area contributed by atoms with Gasteiger partial charge in [-0.15, -0.1) is 0 Å². The summed E-state index contributed by atoms with van der Waals surface area (Å²) < 4.78 is 4.60. The van der Waals surface area contributed by atoms with Crippen LogP contribution in [0.15, 0.2) is 24.3 Å². The van der Waals surface area contributed by atoms with Gasteiger partial charge in [-0.25, -0.2) is 0 Å². The molecule has 1 rings (SSSR count). The summed E-state index contributed by atoms with van der Waals surface area (Å²) in [6, 6.07) is 6.21. The normalized spacial score (nSPS) is 11.7. The molecule has 7 heteroatoms. The van der Waals surface area contributed by atoms with E-state index in [2.05, 4.69) is 15.4 Å². The molecular weight excluding hydrogens is 298 g/mol. The molecular formula is C16H23N3O4. The van der Waals surface area contributed by atoms with Gasteiger partial charge in [0.2, 0.25) is 11.8 Å². The third kappa shape index (κ3) is 6.48. The first-order valence-corrected chi connectivity index (χ1v) is 7.32. The fourth-order valence-corrected chi connectivity index (χ4v) is 1.79. The average molecular weight is 321 g/mol. The number of rotatable bonds is 7. The lowest BCUT2D eigenvalue weighted by Gasteiger charge is -2.15. The van der Waals surface area contributed by atoms with E-state index in [1.54, 1.807) is 24.3 Å². The first-order chi connectivity index (χ1) is 10.8. The Hall–Kier alpha value is -2.41. The lowest BCUT2D eigenvalue weighted by Crippen LogP contribution is -2.46. The van der Waals surface area contributed by atoms with Gasteiger partial charge in [-0.1, -0.05) is 26.0 Å². The lowest BCUT2D eigenvalue weighted by molar-refractivity contribution is -0.139. The maximum atomic E-state index is 11.8. The Kier molecular flexibility index (Phi) is 7.21. The third-order valence-electron chi connectivity index (χ3n) is 3.23. The molecule has 1 aromatic carbocycles. The van der Waals surface area contributed by atoms with Crippen LogP contribution in [0.3, 0.4) is 0 Å². The quantitative estimate of drug-likeness (QED) is 0.631. The summed E-state index contributed by atoms with van der Waals surface area (Å²) in [5, 5.41) is 5.14. The summed E-state index contributed by atoms with van der Waals surface area (Å²) in [7, 11) is 1.32. The molecule has 0 unspecified atom stereocenters. The molecule has 4 N–H and O–H groups in total. The van der Waals surface area contributed by atoms with E-state index in [1.165, 1.54) is 7.11 Å². The number of benzene rings is 1. The smallest absolute Gasteiger partial charge is 0.309 e. The summed E-state index contributed by atoms with van der Waals surface area (Å²) in [5.74, 6) is -1.10.